The summed E-state index contributed by atoms with van der Waals surface area (Å²) in [6.45, 7) is 4.38. The molecule has 1 aliphatic heterocycles. The monoisotopic (exact) mass is 238 g/mol. The fourth-order valence-electron chi connectivity index (χ4n) is 1.99. The third kappa shape index (κ3) is 1.60. The molecule has 2 rings (SSSR count). The van der Waals surface area contributed by atoms with Crippen LogP contribution in [0.4, 0.5) is 5.69 Å². The van der Waals surface area contributed by atoms with Gasteiger partial charge in [0.15, 0.2) is 0 Å². The maximum Gasteiger partial charge on any atom is 0.234 e. The minimum Gasteiger partial charge on any atom is -0.330 e. The SMILES string of the molecule is CC1(C)C(=O)Nc2c(Cl)cc(CCN)cc21. The Kier molecular flexibility index (Phi) is 2.68. The zero-order valence-corrected chi connectivity index (χ0v) is 10.2. The molecular weight excluding hydrogens is 224 g/mol. The summed E-state index contributed by atoms with van der Waals surface area (Å²) in [6.07, 6.45) is 0.775. The second-order valence-corrected chi connectivity index (χ2v) is 5.03. The van der Waals surface area contributed by atoms with Crippen LogP contribution >= 0.6 is 11.6 Å². The first-order valence-corrected chi connectivity index (χ1v) is 5.69. The summed E-state index contributed by atoms with van der Waals surface area (Å²) in [4.78, 5) is 11.8. The van der Waals surface area contributed by atoms with Crippen molar-refractivity contribution in [2.75, 3.05) is 11.9 Å². The zero-order chi connectivity index (χ0) is 11.9. The van der Waals surface area contributed by atoms with Crippen LogP contribution in [0.15, 0.2) is 12.1 Å². The lowest BCUT2D eigenvalue weighted by Crippen LogP contribution is -2.26. The maximum atomic E-state index is 11.8. The summed E-state index contributed by atoms with van der Waals surface area (Å²) < 4.78 is 0. The normalized spacial score (nSPS) is 17.1. The van der Waals surface area contributed by atoms with E-state index in [4.69, 9.17) is 17.3 Å². The average Bonchev–Trinajstić information content (AvgIpc) is 2.42. The van der Waals surface area contributed by atoms with Crippen molar-refractivity contribution in [1.82, 2.24) is 0 Å². The number of hydrogen-bond donors (Lipinski definition) is 2. The van der Waals surface area contributed by atoms with E-state index in [0.29, 0.717) is 11.6 Å². The number of nitrogens with two attached hydrogens (primary N) is 1. The molecule has 0 saturated carbocycles. The molecular formula is C12H15ClN2O. The van der Waals surface area contributed by atoms with Crippen LogP contribution in [-0.2, 0) is 16.6 Å². The number of halogens is 1. The molecule has 1 heterocycles. The molecule has 4 heteroatoms. The predicted octanol–water partition coefficient (Wildman–Crippen LogP) is 2.07. The lowest BCUT2D eigenvalue weighted by Gasteiger charge is -2.16. The van der Waals surface area contributed by atoms with E-state index in [9.17, 15) is 4.79 Å². The third-order valence-corrected chi connectivity index (χ3v) is 3.36. The largest absolute Gasteiger partial charge is 0.330 e. The number of rotatable bonds is 2. The molecule has 1 aliphatic rings. The van der Waals surface area contributed by atoms with Gasteiger partial charge >= 0.3 is 0 Å². The van der Waals surface area contributed by atoms with E-state index < -0.39 is 5.41 Å². The second-order valence-electron chi connectivity index (χ2n) is 4.62. The van der Waals surface area contributed by atoms with Gasteiger partial charge in [0.2, 0.25) is 5.91 Å². The number of amides is 1. The van der Waals surface area contributed by atoms with Gasteiger partial charge in [0, 0.05) is 0 Å². The quantitative estimate of drug-likeness (QED) is 0.829. The average molecular weight is 239 g/mol. The molecule has 3 nitrogen and oxygen atoms in total. The van der Waals surface area contributed by atoms with E-state index in [1.165, 1.54) is 0 Å². The molecule has 0 unspecified atom stereocenters. The summed E-state index contributed by atoms with van der Waals surface area (Å²) >= 11 is 6.15. The Labute approximate surface area is 100.0 Å². The van der Waals surface area contributed by atoms with Crippen molar-refractivity contribution >= 4 is 23.2 Å². The molecule has 1 aromatic carbocycles. The van der Waals surface area contributed by atoms with Crippen LogP contribution in [0, 0.1) is 0 Å². The van der Waals surface area contributed by atoms with Gasteiger partial charge in [-0.05, 0) is 44.0 Å². The van der Waals surface area contributed by atoms with Crippen LogP contribution in [0.1, 0.15) is 25.0 Å². The van der Waals surface area contributed by atoms with Gasteiger partial charge in [0.05, 0.1) is 16.1 Å². The first kappa shape index (κ1) is 11.4. The van der Waals surface area contributed by atoms with E-state index in [1.807, 2.05) is 26.0 Å². The number of hydrogen-bond acceptors (Lipinski definition) is 2. The molecule has 1 aromatic rings. The molecule has 0 fully saturated rings. The lowest BCUT2D eigenvalue weighted by molar-refractivity contribution is -0.119. The topological polar surface area (TPSA) is 55.1 Å². The molecule has 0 spiro atoms. The first-order chi connectivity index (χ1) is 7.46. The van der Waals surface area contributed by atoms with E-state index in [1.54, 1.807) is 0 Å². The van der Waals surface area contributed by atoms with Crippen LogP contribution in [0.3, 0.4) is 0 Å². The van der Waals surface area contributed by atoms with Crippen LogP contribution in [0.2, 0.25) is 5.02 Å². The Morgan fingerprint density at radius 3 is 2.75 bits per heavy atom. The van der Waals surface area contributed by atoms with Crippen molar-refractivity contribution in [3.8, 4) is 0 Å². The molecule has 0 bridgehead atoms. The van der Waals surface area contributed by atoms with Crippen LogP contribution < -0.4 is 11.1 Å². The van der Waals surface area contributed by atoms with Crippen molar-refractivity contribution in [1.29, 1.82) is 0 Å². The minimum absolute atomic E-state index is 0.00528. The zero-order valence-electron chi connectivity index (χ0n) is 9.43. The maximum absolute atomic E-state index is 11.8. The van der Waals surface area contributed by atoms with Crippen molar-refractivity contribution in [3.63, 3.8) is 0 Å². The Morgan fingerprint density at radius 2 is 2.12 bits per heavy atom. The summed E-state index contributed by atoms with van der Waals surface area (Å²) in [5.41, 5.74) is 7.81. The van der Waals surface area contributed by atoms with Gasteiger partial charge in [-0.3, -0.25) is 4.79 Å². The smallest absolute Gasteiger partial charge is 0.234 e. The molecule has 16 heavy (non-hydrogen) atoms. The Bertz CT molecular complexity index is 455. The van der Waals surface area contributed by atoms with Gasteiger partial charge in [0.1, 0.15) is 0 Å². The Hall–Kier alpha value is -1.06. The van der Waals surface area contributed by atoms with E-state index in [0.717, 1.165) is 23.2 Å². The predicted molar refractivity (Wildman–Crippen MR) is 65.9 cm³/mol. The highest BCUT2D eigenvalue weighted by atomic mass is 35.5. The number of anilines is 1. The molecule has 0 atom stereocenters. The molecule has 0 saturated heterocycles. The minimum atomic E-state index is -0.510. The van der Waals surface area contributed by atoms with E-state index in [2.05, 4.69) is 5.32 Å². The number of carbonyl (C=O) groups is 1. The summed E-state index contributed by atoms with van der Waals surface area (Å²) in [5.74, 6) is -0.00528. The van der Waals surface area contributed by atoms with Crippen molar-refractivity contribution in [2.24, 2.45) is 5.73 Å². The first-order valence-electron chi connectivity index (χ1n) is 5.31. The highest BCUT2D eigenvalue weighted by Gasteiger charge is 2.39. The van der Waals surface area contributed by atoms with Gasteiger partial charge in [-0.1, -0.05) is 17.7 Å². The van der Waals surface area contributed by atoms with E-state index >= 15 is 0 Å². The third-order valence-electron chi connectivity index (χ3n) is 3.06. The highest BCUT2D eigenvalue weighted by molar-refractivity contribution is 6.34. The standard InChI is InChI=1S/C12H15ClN2O/c1-12(2)8-5-7(3-4-14)6-9(13)10(8)15-11(12)16/h5-6H,3-4,14H2,1-2H3,(H,15,16). The fourth-order valence-corrected chi connectivity index (χ4v) is 2.28. The van der Waals surface area contributed by atoms with Crippen LogP contribution in [-0.4, -0.2) is 12.5 Å². The second kappa shape index (κ2) is 3.75. The van der Waals surface area contributed by atoms with E-state index in [-0.39, 0.29) is 5.91 Å². The van der Waals surface area contributed by atoms with Crippen molar-refractivity contribution in [2.45, 2.75) is 25.7 Å². The van der Waals surface area contributed by atoms with Crippen molar-refractivity contribution < 1.29 is 4.79 Å². The van der Waals surface area contributed by atoms with Gasteiger partial charge in [-0.15, -0.1) is 0 Å². The van der Waals surface area contributed by atoms with Crippen LogP contribution in [0.25, 0.3) is 0 Å². The number of nitrogens with one attached hydrogen (secondary N) is 1. The highest BCUT2D eigenvalue weighted by Crippen LogP contribution is 2.42. The molecule has 0 radical (unpaired) electrons. The van der Waals surface area contributed by atoms with Gasteiger partial charge in [-0.25, -0.2) is 0 Å². The molecule has 1 amide bonds. The summed E-state index contributed by atoms with van der Waals surface area (Å²) in [7, 11) is 0. The Morgan fingerprint density at radius 1 is 1.44 bits per heavy atom. The van der Waals surface area contributed by atoms with Crippen molar-refractivity contribution in [3.05, 3.63) is 28.3 Å². The van der Waals surface area contributed by atoms with Gasteiger partial charge < -0.3 is 11.1 Å². The molecule has 0 aliphatic carbocycles. The number of fused-ring (bicyclic) bond motifs is 1. The number of carbonyl (C=O) groups excluding carboxylic acids is 1. The van der Waals surface area contributed by atoms with Gasteiger partial charge in [-0.2, -0.15) is 0 Å². The molecule has 3 N–H and O–H groups in total. The summed E-state index contributed by atoms with van der Waals surface area (Å²) in [6, 6.07) is 3.89. The molecule has 86 valence electrons. The lowest BCUT2D eigenvalue weighted by atomic mass is 9.85. The van der Waals surface area contributed by atoms with Crippen LogP contribution in [0.5, 0.6) is 0 Å². The summed E-state index contributed by atoms with van der Waals surface area (Å²) in [5, 5.41) is 3.42. The van der Waals surface area contributed by atoms with Gasteiger partial charge in [0.25, 0.3) is 0 Å². The fraction of sp³-hybridized carbons (Fsp3) is 0.417. The Balaban J connectivity index is 2.56. The molecule has 0 aromatic heterocycles. The number of benzene rings is 1.